The summed E-state index contributed by atoms with van der Waals surface area (Å²) in [4.78, 5) is 0. The van der Waals surface area contributed by atoms with Crippen molar-refractivity contribution in [3.05, 3.63) is 0 Å². The molecule has 0 rings (SSSR count). The van der Waals surface area contributed by atoms with E-state index in [1.807, 2.05) is 0 Å². The van der Waals surface area contributed by atoms with Crippen LogP contribution in [-0.2, 0) is 0 Å². The molecular formula is C6H18N4. The van der Waals surface area contributed by atoms with E-state index < -0.39 is 0 Å². The molecule has 0 amide bonds. The van der Waals surface area contributed by atoms with Crippen molar-refractivity contribution < 1.29 is 0 Å². The monoisotopic (exact) mass is 146 g/mol. The summed E-state index contributed by atoms with van der Waals surface area (Å²) in [6.07, 6.45) is 2.06. The van der Waals surface area contributed by atoms with E-state index in [4.69, 9.17) is 17.2 Å². The standard InChI is InChI=1S/C6H18N4/c7-3-1-2-4-10-6(9)5-8/h6,10H,1-5,7-9H2. The lowest BCUT2D eigenvalue weighted by Crippen LogP contribution is -2.43. The van der Waals surface area contributed by atoms with Crippen molar-refractivity contribution in [2.75, 3.05) is 19.6 Å². The normalized spacial score (nSPS) is 13.5. The first kappa shape index (κ1) is 9.84. The molecule has 0 saturated carbocycles. The van der Waals surface area contributed by atoms with Gasteiger partial charge in [-0.25, -0.2) is 0 Å². The van der Waals surface area contributed by atoms with Crippen LogP contribution in [0.4, 0.5) is 0 Å². The molecule has 62 valence electrons. The summed E-state index contributed by atoms with van der Waals surface area (Å²) in [5, 5.41) is 3.06. The third-order valence-electron chi connectivity index (χ3n) is 1.29. The Labute approximate surface area is 62.1 Å². The van der Waals surface area contributed by atoms with Crippen LogP contribution in [0.5, 0.6) is 0 Å². The van der Waals surface area contributed by atoms with Gasteiger partial charge in [0.05, 0.1) is 6.17 Å². The minimum absolute atomic E-state index is 0.0576. The SMILES string of the molecule is NCCCCNC(N)CN. The summed E-state index contributed by atoms with van der Waals surface area (Å²) < 4.78 is 0. The fourth-order valence-corrected chi connectivity index (χ4v) is 0.640. The summed E-state index contributed by atoms with van der Waals surface area (Å²) in [6, 6.07) is 0. The van der Waals surface area contributed by atoms with Crippen LogP contribution in [0, 0.1) is 0 Å². The van der Waals surface area contributed by atoms with Crippen molar-refractivity contribution >= 4 is 0 Å². The number of nitrogens with two attached hydrogens (primary N) is 3. The zero-order valence-corrected chi connectivity index (χ0v) is 6.34. The first-order valence-corrected chi connectivity index (χ1v) is 3.70. The topological polar surface area (TPSA) is 90.1 Å². The lowest BCUT2D eigenvalue weighted by atomic mass is 10.3. The summed E-state index contributed by atoms with van der Waals surface area (Å²) in [7, 11) is 0. The van der Waals surface area contributed by atoms with Crippen LogP contribution >= 0.6 is 0 Å². The smallest absolute Gasteiger partial charge is 0.0672 e. The van der Waals surface area contributed by atoms with E-state index in [9.17, 15) is 0 Å². The molecule has 0 spiro atoms. The second-order valence-electron chi connectivity index (χ2n) is 2.29. The minimum atomic E-state index is -0.0576. The summed E-state index contributed by atoms with van der Waals surface area (Å²) >= 11 is 0. The Morgan fingerprint density at radius 1 is 1.20 bits per heavy atom. The molecule has 0 aromatic rings. The van der Waals surface area contributed by atoms with Gasteiger partial charge in [-0.2, -0.15) is 0 Å². The van der Waals surface area contributed by atoms with E-state index in [1.165, 1.54) is 0 Å². The molecule has 0 radical (unpaired) electrons. The van der Waals surface area contributed by atoms with Crippen LogP contribution in [0.25, 0.3) is 0 Å². The van der Waals surface area contributed by atoms with Gasteiger partial charge in [0.2, 0.25) is 0 Å². The highest BCUT2D eigenvalue weighted by molar-refractivity contribution is 4.58. The molecule has 0 bridgehead atoms. The molecule has 1 unspecified atom stereocenters. The van der Waals surface area contributed by atoms with Crippen molar-refractivity contribution in [3.63, 3.8) is 0 Å². The van der Waals surface area contributed by atoms with Crippen molar-refractivity contribution in [1.82, 2.24) is 5.32 Å². The molecule has 0 heterocycles. The summed E-state index contributed by atoms with van der Waals surface area (Å²) in [6.45, 7) is 2.15. The number of hydrogen-bond donors (Lipinski definition) is 4. The van der Waals surface area contributed by atoms with E-state index >= 15 is 0 Å². The van der Waals surface area contributed by atoms with Gasteiger partial charge >= 0.3 is 0 Å². The third kappa shape index (κ3) is 5.97. The zero-order chi connectivity index (χ0) is 7.82. The maximum atomic E-state index is 5.49. The zero-order valence-electron chi connectivity index (χ0n) is 6.34. The van der Waals surface area contributed by atoms with Crippen LogP contribution in [0.15, 0.2) is 0 Å². The quantitative estimate of drug-likeness (QED) is 0.273. The van der Waals surface area contributed by atoms with Crippen LogP contribution in [0.3, 0.4) is 0 Å². The lowest BCUT2D eigenvalue weighted by molar-refractivity contribution is 0.519. The van der Waals surface area contributed by atoms with Gasteiger partial charge in [-0.1, -0.05) is 0 Å². The van der Waals surface area contributed by atoms with Crippen molar-refractivity contribution in [3.8, 4) is 0 Å². The molecule has 0 aliphatic rings. The minimum Gasteiger partial charge on any atom is -0.330 e. The summed E-state index contributed by atoms with van der Waals surface area (Å²) in [5.74, 6) is 0. The van der Waals surface area contributed by atoms with E-state index in [1.54, 1.807) is 0 Å². The Kier molecular flexibility index (Phi) is 6.84. The third-order valence-corrected chi connectivity index (χ3v) is 1.29. The van der Waals surface area contributed by atoms with E-state index in [0.717, 1.165) is 25.9 Å². The van der Waals surface area contributed by atoms with Gasteiger partial charge in [0.1, 0.15) is 0 Å². The Bertz CT molecular complexity index is 66.8. The largest absolute Gasteiger partial charge is 0.330 e. The predicted molar refractivity (Wildman–Crippen MR) is 43.3 cm³/mol. The molecule has 0 aromatic carbocycles. The Hall–Kier alpha value is -0.160. The first-order valence-electron chi connectivity index (χ1n) is 3.70. The maximum Gasteiger partial charge on any atom is 0.0672 e. The molecule has 0 fully saturated rings. The second kappa shape index (κ2) is 6.95. The number of unbranched alkanes of at least 4 members (excludes halogenated alkanes) is 1. The van der Waals surface area contributed by atoms with Gasteiger partial charge in [-0.05, 0) is 25.9 Å². The van der Waals surface area contributed by atoms with Gasteiger partial charge in [-0.3, -0.25) is 0 Å². The van der Waals surface area contributed by atoms with E-state index in [0.29, 0.717) is 6.54 Å². The highest BCUT2D eigenvalue weighted by Gasteiger charge is 1.94. The molecule has 0 aromatic heterocycles. The lowest BCUT2D eigenvalue weighted by Gasteiger charge is -2.09. The highest BCUT2D eigenvalue weighted by atomic mass is 15.0. The molecular weight excluding hydrogens is 128 g/mol. The first-order chi connectivity index (χ1) is 4.81. The molecule has 7 N–H and O–H groups in total. The Morgan fingerprint density at radius 2 is 1.90 bits per heavy atom. The van der Waals surface area contributed by atoms with Crippen molar-refractivity contribution in [2.24, 2.45) is 17.2 Å². The van der Waals surface area contributed by atoms with Crippen LogP contribution in [-0.4, -0.2) is 25.8 Å². The fourth-order valence-electron chi connectivity index (χ4n) is 0.640. The Morgan fingerprint density at radius 3 is 2.40 bits per heavy atom. The van der Waals surface area contributed by atoms with Crippen LogP contribution < -0.4 is 22.5 Å². The number of nitrogens with one attached hydrogen (secondary N) is 1. The van der Waals surface area contributed by atoms with Gasteiger partial charge in [0, 0.05) is 6.54 Å². The van der Waals surface area contributed by atoms with Crippen molar-refractivity contribution in [1.29, 1.82) is 0 Å². The van der Waals surface area contributed by atoms with Gasteiger partial charge in [0.15, 0.2) is 0 Å². The average molecular weight is 146 g/mol. The molecule has 0 aliphatic carbocycles. The molecule has 10 heavy (non-hydrogen) atoms. The molecule has 4 heteroatoms. The number of hydrogen-bond acceptors (Lipinski definition) is 4. The van der Waals surface area contributed by atoms with E-state index in [2.05, 4.69) is 5.32 Å². The van der Waals surface area contributed by atoms with Gasteiger partial charge in [0.25, 0.3) is 0 Å². The maximum absolute atomic E-state index is 5.49. The van der Waals surface area contributed by atoms with Gasteiger partial charge < -0.3 is 22.5 Å². The van der Waals surface area contributed by atoms with E-state index in [-0.39, 0.29) is 6.17 Å². The molecule has 0 saturated heterocycles. The highest BCUT2D eigenvalue weighted by Crippen LogP contribution is 1.81. The van der Waals surface area contributed by atoms with Crippen molar-refractivity contribution in [2.45, 2.75) is 19.0 Å². The average Bonchev–Trinajstić information content (AvgIpc) is 1.98. The van der Waals surface area contributed by atoms with Crippen LogP contribution in [0.1, 0.15) is 12.8 Å². The summed E-state index contributed by atoms with van der Waals surface area (Å²) in [5.41, 5.74) is 16.1. The van der Waals surface area contributed by atoms with Gasteiger partial charge in [-0.15, -0.1) is 0 Å². The second-order valence-corrected chi connectivity index (χ2v) is 2.29. The Balaban J connectivity index is 2.89. The molecule has 1 atom stereocenters. The molecule has 4 nitrogen and oxygen atoms in total. The number of rotatable bonds is 6. The van der Waals surface area contributed by atoms with Crippen LogP contribution in [0.2, 0.25) is 0 Å². The molecule has 0 aliphatic heterocycles. The predicted octanol–water partition coefficient (Wildman–Crippen LogP) is -1.44. The fraction of sp³-hybridized carbons (Fsp3) is 1.00.